The summed E-state index contributed by atoms with van der Waals surface area (Å²) < 4.78 is 10.5. The van der Waals surface area contributed by atoms with Gasteiger partial charge in [-0.25, -0.2) is 0 Å². The highest BCUT2D eigenvalue weighted by Gasteiger charge is 2.21. The Kier molecular flexibility index (Phi) is 7.46. The van der Waals surface area contributed by atoms with Gasteiger partial charge >= 0.3 is 0 Å². The molecule has 0 aliphatic carbocycles. The van der Waals surface area contributed by atoms with E-state index in [-0.39, 0.29) is 17.5 Å². The zero-order valence-corrected chi connectivity index (χ0v) is 16.6. The van der Waals surface area contributed by atoms with Gasteiger partial charge in [0, 0.05) is 24.9 Å². The number of nitrogens with one attached hydrogen (secondary N) is 1. The zero-order chi connectivity index (χ0) is 20.5. The van der Waals surface area contributed by atoms with E-state index < -0.39 is 0 Å². The summed E-state index contributed by atoms with van der Waals surface area (Å²) in [5.74, 6) is 0.864. The summed E-state index contributed by atoms with van der Waals surface area (Å²) in [6.45, 7) is 4.29. The molecule has 6 nitrogen and oxygen atoms in total. The van der Waals surface area contributed by atoms with Gasteiger partial charge < -0.3 is 19.7 Å². The van der Waals surface area contributed by atoms with Crippen molar-refractivity contribution in [1.82, 2.24) is 4.90 Å². The topological polar surface area (TPSA) is 74.6 Å². The van der Waals surface area contributed by atoms with Gasteiger partial charge in [0.25, 0.3) is 5.91 Å². The van der Waals surface area contributed by atoms with Crippen molar-refractivity contribution in [2.24, 2.45) is 0 Å². The van der Waals surface area contributed by atoms with Crippen molar-refractivity contribution in [1.29, 1.82) is 5.26 Å². The van der Waals surface area contributed by atoms with E-state index in [1.165, 1.54) is 6.20 Å². The molecule has 1 amide bonds. The van der Waals surface area contributed by atoms with Gasteiger partial charge in [0.1, 0.15) is 23.1 Å². The summed E-state index contributed by atoms with van der Waals surface area (Å²) in [7, 11) is 3.11. The Balaban J connectivity index is 2.22. The molecule has 0 saturated carbocycles. The van der Waals surface area contributed by atoms with Crippen LogP contribution in [0.3, 0.4) is 0 Å². The lowest BCUT2D eigenvalue weighted by Crippen LogP contribution is -2.37. The van der Waals surface area contributed by atoms with Gasteiger partial charge in [-0.3, -0.25) is 4.79 Å². The molecule has 0 aliphatic heterocycles. The molecular weight excluding hydrogens is 354 g/mol. The first-order valence-electron chi connectivity index (χ1n) is 8.93. The van der Waals surface area contributed by atoms with E-state index in [1.54, 1.807) is 37.3 Å². The van der Waals surface area contributed by atoms with Crippen LogP contribution in [-0.4, -0.2) is 31.1 Å². The monoisotopic (exact) mass is 379 g/mol. The first kappa shape index (κ1) is 20.8. The van der Waals surface area contributed by atoms with Crippen LogP contribution in [0.1, 0.15) is 19.4 Å². The lowest BCUT2D eigenvalue weighted by molar-refractivity contribution is -0.129. The Labute approximate surface area is 166 Å². The van der Waals surface area contributed by atoms with Gasteiger partial charge in [0.2, 0.25) is 0 Å². The summed E-state index contributed by atoms with van der Waals surface area (Å²) in [5.41, 5.74) is 1.65. The molecule has 0 unspecified atom stereocenters. The zero-order valence-electron chi connectivity index (χ0n) is 16.6. The van der Waals surface area contributed by atoms with Crippen molar-refractivity contribution in [3.05, 3.63) is 65.9 Å². The average Bonchev–Trinajstić information content (AvgIpc) is 2.72. The maximum absolute atomic E-state index is 12.9. The van der Waals surface area contributed by atoms with E-state index in [0.717, 1.165) is 5.56 Å². The van der Waals surface area contributed by atoms with E-state index >= 15 is 0 Å². The molecule has 0 aromatic heterocycles. The van der Waals surface area contributed by atoms with Gasteiger partial charge in [-0.1, -0.05) is 30.3 Å². The molecule has 0 saturated heterocycles. The van der Waals surface area contributed by atoms with E-state index in [4.69, 9.17) is 9.47 Å². The van der Waals surface area contributed by atoms with Crippen LogP contribution in [0.2, 0.25) is 0 Å². The van der Waals surface area contributed by atoms with Crippen molar-refractivity contribution < 1.29 is 14.3 Å². The van der Waals surface area contributed by atoms with Crippen molar-refractivity contribution in [2.45, 2.75) is 26.4 Å². The molecule has 28 heavy (non-hydrogen) atoms. The van der Waals surface area contributed by atoms with Crippen LogP contribution in [0.25, 0.3) is 0 Å². The van der Waals surface area contributed by atoms with Crippen molar-refractivity contribution >= 4 is 11.6 Å². The number of carbonyl (C=O) groups is 1. The van der Waals surface area contributed by atoms with Crippen LogP contribution in [0.15, 0.2) is 60.3 Å². The molecular formula is C22H25N3O3. The smallest absolute Gasteiger partial charge is 0.266 e. The Morgan fingerprint density at radius 2 is 1.89 bits per heavy atom. The largest absolute Gasteiger partial charge is 0.497 e. The molecule has 0 bridgehead atoms. The number of ether oxygens (including phenoxy) is 2. The van der Waals surface area contributed by atoms with E-state index in [0.29, 0.717) is 23.7 Å². The Bertz CT molecular complexity index is 870. The maximum Gasteiger partial charge on any atom is 0.266 e. The number of nitriles is 1. The van der Waals surface area contributed by atoms with Gasteiger partial charge in [0.15, 0.2) is 0 Å². The van der Waals surface area contributed by atoms with Crippen LogP contribution < -0.4 is 14.8 Å². The Hall–Kier alpha value is -3.46. The summed E-state index contributed by atoms with van der Waals surface area (Å²) in [4.78, 5) is 14.6. The fourth-order valence-corrected chi connectivity index (χ4v) is 2.63. The Morgan fingerprint density at radius 3 is 2.46 bits per heavy atom. The third-order valence-corrected chi connectivity index (χ3v) is 4.21. The van der Waals surface area contributed by atoms with Gasteiger partial charge in [0.05, 0.1) is 19.9 Å². The molecule has 0 radical (unpaired) electrons. The molecule has 1 N–H and O–H groups in total. The molecule has 0 fully saturated rings. The minimum Gasteiger partial charge on any atom is -0.497 e. The lowest BCUT2D eigenvalue weighted by Gasteiger charge is -2.26. The van der Waals surface area contributed by atoms with E-state index in [9.17, 15) is 10.1 Å². The second-order valence-electron chi connectivity index (χ2n) is 6.39. The minimum absolute atomic E-state index is 0.0162. The number of hydrogen-bond acceptors (Lipinski definition) is 5. The third kappa shape index (κ3) is 5.27. The highest BCUT2D eigenvalue weighted by atomic mass is 16.5. The van der Waals surface area contributed by atoms with Crippen molar-refractivity contribution in [3.63, 3.8) is 0 Å². The first-order chi connectivity index (χ1) is 13.5. The molecule has 0 heterocycles. The van der Waals surface area contributed by atoms with Crippen LogP contribution in [0.4, 0.5) is 5.69 Å². The maximum atomic E-state index is 12.9. The SMILES string of the molecule is COc1ccc(N/C=C(/C#N)C(=O)N(Cc2ccccc2)C(C)C)c(OC)c1. The van der Waals surface area contributed by atoms with Crippen molar-refractivity contribution in [3.8, 4) is 17.6 Å². The van der Waals surface area contributed by atoms with E-state index in [1.807, 2.05) is 50.2 Å². The van der Waals surface area contributed by atoms with Crippen LogP contribution in [-0.2, 0) is 11.3 Å². The van der Waals surface area contributed by atoms with Crippen LogP contribution in [0, 0.1) is 11.3 Å². The van der Waals surface area contributed by atoms with Gasteiger partial charge in [-0.05, 0) is 31.5 Å². The molecule has 0 aliphatic rings. The first-order valence-corrected chi connectivity index (χ1v) is 8.93. The number of benzene rings is 2. The fraction of sp³-hybridized carbons (Fsp3) is 0.273. The molecule has 0 atom stereocenters. The molecule has 0 spiro atoms. The highest BCUT2D eigenvalue weighted by molar-refractivity contribution is 5.97. The predicted octanol–water partition coefficient (Wildman–Crippen LogP) is 3.96. The summed E-state index contributed by atoms with van der Waals surface area (Å²) in [6, 6.07) is 16.9. The quantitative estimate of drug-likeness (QED) is 0.555. The standard InChI is InChI=1S/C22H25N3O3/c1-16(2)25(15-17-8-6-5-7-9-17)22(26)18(13-23)14-24-20-11-10-19(27-3)12-21(20)28-4/h5-12,14,16,24H,15H2,1-4H3/b18-14-. The number of methoxy groups -OCH3 is 2. The minimum atomic E-state index is -0.332. The summed E-state index contributed by atoms with van der Waals surface area (Å²) >= 11 is 0. The number of rotatable bonds is 8. The molecule has 6 heteroatoms. The van der Waals surface area contributed by atoms with Gasteiger partial charge in [-0.15, -0.1) is 0 Å². The predicted molar refractivity (Wildman–Crippen MR) is 109 cm³/mol. The van der Waals surface area contributed by atoms with Crippen LogP contribution in [0.5, 0.6) is 11.5 Å². The third-order valence-electron chi connectivity index (χ3n) is 4.21. The van der Waals surface area contributed by atoms with Crippen LogP contribution >= 0.6 is 0 Å². The normalized spacial score (nSPS) is 10.9. The van der Waals surface area contributed by atoms with E-state index in [2.05, 4.69) is 5.32 Å². The number of hydrogen-bond donors (Lipinski definition) is 1. The number of carbonyl (C=O) groups excluding carboxylic acids is 1. The average molecular weight is 379 g/mol. The fourth-order valence-electron chi connectivity index (χ4n) is 2.63. The molecule has 146 valence electrons. The number of amides is 1. The number of nitrogens with zero attached hydrogens (tertiary/aromatic N) is 2. The summed E-state index contributed by atoms with van der Waals surface area (Å²) in [5, 5.41) is 12.5. The molecule has 2 aromatic rings. The lowest BCUT2D eigenvalue weighted by atomic mass is 10.1. The van der Waals surface area contributed by atoms with Gasteiger partial charge in [-0.2, -0.15) is 5.26 Å². The van der Waals surface area contributed by atoms with Crippen molar-refractivity contribution in [2.75, 3.05) is 19.5 Å². The second-order valence-corrected chi connectivity index (χ2v) is 6.39. The number of anilines is 1. The summed E-state index contributed by atoms with van der Waals surface area (Å²) in [6.07, 6.45) is 1.41. The second kappa shape index (κ2) is 10.0. The Morgan fingerprint density at radius 1 is 1.18 bits per heavy atom. The highest BCUT2D eigenvalue weighted by Crippen LogP contribution is 2.29. The molecule has 2 aromatic carbocycles. The molecule has 2 rings (SSSR count).